The Hall–Kier alpha value is -2.99. The number of amides is 3. The molecule has 31 heavy (non-hydrogen) atoms. The molecule has 0 spiro atoms. The number of carboxylic acid groups (broad SMARTS) is 1. The summed E-state index contributed by atoms with van der Waals surface area (Å²) in [4.78, 5) is 55.4. The van der Waals surface area contributed by atoms with Crippen LogP contribution in [0.5, 0.6) is 0 Å². The number of carbonyl (C=O) groups is 4. The zero-order valence-corrected chi connectivity index (χ0v) is 17.4. The van der Waals surface area contributed by atoms with Crippen LogP contribution in [0.1, 0.15) is 37.8 Å². The van der Waals surface area contributed by atoms with E-state index in [4.69, 9.17) is 5.73 Å². The highest BCUT2D eigenvalue weighted by molar-refractivity contribution is 5.92. The molecule has 0 aliphatic carbocycles. The fourth-order valence-electron chi connectivity index (χ4n) is 3.29. The topological polar surface area (TPSA) is 191 Å². The molecule has 12 nitrogen and oxygen atoms in total. The van der Waals surface area contributed by atoms with Crippen LogP contribution in [0.2, 0.25) is 0 Å². The quantitative estimate of drug-likeness (QED) is 0.172. The minimum absolute atomic E-state index is 0.0881. The summed E-state index contributed by atoms with van der Waals surface area (Å²) in [5, 5.41) is 20.0. The average molecular weight is 438 g/mol. The van der Waals surface area contributed by atoms with E-state index in [2.05, 4.69) is 31.2 Å². The highest BCUT2D eigenvalue weighted by Gasteiger charge is 2.28. The van der Waals surface area contributed by atoms with Crippen molar-refractivity contribution in [3.63, 3.8) is 0 Å². The summed E-state index contributed by atoms with van der Waals surface area (Å²) in [5.74, 6) is -2.62. The lowest BCUT2D eigenvalue weighted by molar-refractivity contribution is -0.142. The van der Waals surface area contributed by atoms with Crippen molar-refractivity contribution in [3.05, 3.63) is 18.2 Å². The number of carbonyl (C=O) groups excluding carboxylic acids is 3. The third-order valence-electron chi connectivity index (χ3n) is 4.99. The summed E-state index contributed by atoms with van der Waals surface area (Å²) in [6, 6.07) is -2.44. The third kappa shape index (κ3) is 8.34. The van der Waals surface area contributed by atoms with Crippen molar-refractivity contribution in [1.29, 1.82) is 0 Å². The Kier molecular flexibility index (Phi) is 9.91. The molecule has 8 N–H and O–H groups in total. The van der Waals surface area contributed by atoms with E-state index >= 15 is 0 Å². The van der Waals surface area contributed by atoms with Crippen molar-refractivity contribution in [2.45, 2.75) is 56.7 Å². The number of imidazole rings is 1. The highest BCUT2D eigenvalue weighted by atomic mass is 16.4. The monoisotopic (exact) mass is 437 g/mol. The molecular formula is C19H31N7O5. The van der Waals surface area contributed by atoms with Gasteiger partial charge in [-0.25, -0.2) is 9.78 Å². The second kappa shape index (κ2) is 12.6. The van der Waals surface area contributed by atoms with Gasteiger partial charge in [0.25, 0.3) is 0 Å². The van der Waals surface area contributed by atoms with Crippen LogP contribution in [0.25, 0.3) is 0 Å². The normalized spacial score (nSPS) is 17.5. The Morgan fingerprint density at radius 3 is 2.65 bits per heavy atom. The minimum atomic E-state index is -1.16. The molecule has 0 aromatic carbocycles. The molecule has 0 saturated carbocycles. The first-order valence-corrected chi connectivity index (χ1v) is 10.4. The van der Waals surface area contributed by atoms with Crippen molar-refractivity contribution in [1.82, 2.24) is 31.2 Å². The number of aromatic nitrogens is 2. The molecule has 1 aromatic rings. The van der Waals surface area contributed by atoms with Gasteiger partial charge in [-0.2, -0.15) is 0 Å². The van der Waals surface area contributed by atoms with Gasteiger partial charge in [-0.15, -0.1) is 0 Å². The molecule has 1 aliphatic rings. The van der Waals surface area contributed by atoms with E-state index in [-0.39, 0.29) is 31.3 Å². The number of aliphatic carboxylic acids is 1. The number of hydrogen-bond donors (Lipinski definition) is 7. The van der Waals surface area contributed by atoms with Gasteiger partial charge in [0.15, 0.2) is 0 Å². The maximum Gasteiger partial charge on any atom is 0.326 e. The minimum Gasteiger partial charge on any atom is -0.480 e. The standard InChI is InChI=1S/C19H31N7O5/c20-6-2-1-4-14(19(30)31)26-18(29)15(8-12-9-21-11-24-12)25-16(27)10-23-17(28)13-5-3-7-22-13/h9,11,13-15,22H,1-8,10,20H2,(H,21,24)(H,23,28)(H,25,27)(H,26,29)(H,30,31). The Labute approximate surface area is 180 Å². The number of unbranched alkanes of at least 4 members (excludes halogenated alkanes) is 1. The van der Waals surface area contributed by atoms with Gasteiger partial charge in [0.1, 0.15) is 12.1 Å². The summed E-state index contributed by atoms with van der Waals surface area (Å²) in [7, 11) is 0. The average Bonchev–Trinajstić information content (AvgIpc) is 3.45. The lowest BCUT2D eigenvalue weighted by Crippen LogP contribution is -2.54. The Morgan fingerprint density at radius 2 is 2.03 bits per heavy atom. The molecule has 3 amide bonds. The van der Waals surface area contributed by atoms with Crippen molar-refractivity contribution in [3.8, 4) is 0 Å². The first-order valence-electron chi connectivity index (χ1n) is 10.4. The molecule has 12 heteroatoms. The molecule has 172 valence electrons. The molecule has 0 bridgehead atoms. The lowest BCUT2D eigenvalue weighted by Gasteiger charge is -2.21. The largest absolute Gasteiger partial charge is 0.480 e. The van der Waals surface area contributed by atoms with Crippen LogP contribution in [0, 0.1) is 0 Å². The predicted molar refractivity (Wildman–Crippen MR) is 111 cm³/mol. The van der Waals surface area contributed by atoms with Gasteiger partial charge in [-0.1, -0.05) is 0 Å². The number of carboxylic acids is 1. The number of nitrogens with one attached hydrogen (secondary N) is 5. The number of nitrogens with zero attached hydrogens (tertiary/aromatic N) is 1. The smallest absolute Gasteiger partial charge is 0.326 e. The van der Waals surface area contributed by atoms with Crippen LogP contribution >= 0.6 is 0 Å². The number of nitrogens with two attached hydrogens (primary N) is 1. The van der Waals surface area contributed by atoms with Crippen molar-refractivity contribution in [2.75, 3.05) is 19.6 Å². The van der Waals surface area contributed by atoms with E-state index in [9.17, 15) is 24.3 Å². The van der Waals surface area contributed by atoms with Crippen LogP contribution in [0.15, 0.2) is 12.5 Å². The molecule has 1 saturated heterocycles. The molecule has 3 atom stereocenters. The van der Waals surface area contributed by atoms with Crippen LogP contribution in [0.4, 0.5) is 0 Å². The van der Waals surface area contributed by atoms with Crippen LogP contribution < -0.4 is 27.0 Å². The summed E-state index contributed by atoms with van der Waals surface area (Å²) in [6.45, 7) is 0.899. The summed E-state index contributed by atoms with van der Waals surface area (Å²) in [5.41, 5.74) is 6.03. The number of H-pyrrole nitrogens is 1. The van der Waals surface area contributed by atoms with Gasteiger partial charge in [0, 0.05) is 18.3 Å². The summed E-state index contributed by atoms with van der Waals surface area (Å²) in [6.07, 6.45) is 6.06. The fraction of sp³-hybridized carbons (Fsp3) is 0.632. The van der Waals surface area contributed by atoms with E-state index < -0.39 is 29.9 Å². The van der Waals surface area contributed by atoms with Gasteiger partial charge < -0.3 is 37.1 Å². The zero-order chi connectivity index (χ0) is 22.6. The molecule has 0 radical (unpaired) electrons. The lowest BCUT2D eigenvalue weighted by atomic mass is 10.1. The maximum absolute atomic E-state index is 12.8. The van der Waals surface area contributed by atoms with Gasteiger partial charge in [0.05, 0.1) is 18.9 Å². The fourth-order valence-corrected chi connectivity index (χ4v) is 3.29. The molecule has 2 heterocycles. The third-order valence-corrected chi connectivity index (χ3v) is 4.99. The van der Waals surface area contributed by atoms with Crippen LogP contribution in [-0.2, 0) is 25.6 Å². The SMILES string of the molecule is NCCCCC(NC(=O)C(Cc1cnc[nH]1)NC(=O)CNC(=O)C1CCCN1)C(=O)O. The van der Waals surface area contributed by atoms with Crippen molar-refractivity contribution >= 4 is 23.7 Å². The van der Waals surface area contributed by atoms with Crippen LogP contribution in [-0.4, -0.2) is 76.5 Å². The Morgan fingerprint density at radius 1 is 1.23 bits per heavy atom. The Bertz CT molecular complexity index is 734. The van der Waals surface area contributed by atoms with Gasteiger partial charge >= 0.3 is 5.97 Å². The second-order valence-corrected chi connectivity index (χ2v) is 7.45. The van der Waals surface area contributed by atoms with Gasteiger partial charge in [-0.05, 0) is 45.2 Å². The summed E-state index contributed by atoms with van der Waals surface area (Å²) < 4.78 is 0. The van der Waals surface area contributed by atoms with E-state index in [1.54, 1.807) is 0 Å². The van der Waals surface area contributed by atoms with Crippen molar-refractivity contribution < 1.29 is 24.3 Å². The molecule has 1 aromatic heterocycles. The molecule has 1 fully saturated rings. The van der Waals surface area contributed by atoms with E-state index in [1.165, 1.54) is 12.5 Å². The summed E-state index contributed by atoms with van der Waals surface area (Å²) >= 11 is 0. The van der Waals surface area contributed by atoms with E-state index in [1.807, 2.05) is 0 Å². The predicted octanol–water partition coefficient (Wildman–Crippen LogP) is -2.00. The van der Waals surface area contributed by atoms with Gasteiger partial charge in [-0.3, -0.25) is 14.4 Å². The molecule has 2 rings (SSSR count). The maximum atomic E-state index is 12.8. The zero-order valence-electron chi connectivity index (χ0n) is 17.4. The number of hydrogen-bond acceptors (Lipinski definition) is 7. The van der Waals surface area contributed by atoms with Crippen LogP contribution in [0.3, 0.4) is 0 Å². The first kappa shape index (κ1) is 24.3. The van der Waals surface area contributed by atoms with Gasteiger partial charge in [0.2, 0.25) is 17.7 Å². The molecular weight excluding hydrogens is 406 g/mol. The number of aromatic amines is 1. The van der Waals surface area contributed by atoms with E-state index in [0.29, 0.717) is 31.5 Å². The number of rotatable bonds is 13. The second-order valence-electron chi connectivity index (χ2n) is 7.45. The molecule has 3 unspecified atom stereocenters. The Balaban J connectivity index is 1.94. The first-order chi connectivity index (χ1) is 14.9. The van der Waals surface area contributed by atoms with Crippen molar-refractivity contribution in [2.24, 2.45) is 5.73 Å². The van der Waals surface area contributed by atoms with E-state index in [0.717, 1.165) is 13.0 Å². The molecule has 1 aliphatic heterocycles. The highest BCUT2D eigenvalue weighted by Crippen LogP contribution is 2.05.